The molecule has 0 unspecified atom stereocenters. The fourth-order valence-corrected chi connectivity index (χ4v) is 2.56. The highest BCUT2D eigenvalue weighted by atomic mass is 16.5. The van der Waals surface area contributed by atoms with Crippen LogP contribution in [0.4, 0.5) is 5.69 Å². The van der Waals surface area contributed by atoms with Crippen LogP contribution in [-0.4, -0.2) is 24.1 Å². The minimum Gasteiger partial charge on any atom is -0.497 e. The van der Waals surface area contributed by atoms with Crippen molar-refractivity contribution in [2.45, 2.75) is 6.61 Å². The smallest absolute Gasteiger partial charge is 0.274 e. The maximum absolute atomic E-state index is 12.3. The van der Waals surface area contributed by atoms with Gasteiger partial charge in [-0.1, -0.05) is 12.1 Å². The molecule has 0 fully saturated rings. The van der Waals surface area contributed by atoms with Crippen molar-refractivity contribution in [3.8, 4) is 11.5 Å². The second-order valence-electron chi connectivity index (χ2n) is 6.13. The van der Waals surface area contributed by atoms with Crippen LogP contribution in [0, 0.1) is 0 Å². The van der Waals surface area contributed by atoms with Gasteiger partial charge in [0.1, 0.15) is 18.1 Å². The first-order valence-electron chi connectivity index (χ1n) is 8.80. The van der Waals surface area contributed by atoms with E-state index >= 15 is 0 Å². The molecule has 0 bridgehead atoms. The first-order valence-corrected chi connectivity index (χ1v) is 8.80. The van der Waals surface area contributed by atoms with Gasteiger partial charge in [-0.05, 0) is 66.2 Å². The lowest BCUT2D eigenvalue weighted by molar-refractivity contribution is 0.0706. The van der Waals surface area contributed by atoms with E-state index in [2.05, 4.69) is 5.32 Å². The van der Waals surface area contributed by atoms with Crippen LogP contribution in [0.15, 0.2) is 72.8 Å². The number of nitrogens with one attached hydrogen (secondary N) is 2. The van der Waals surface area contributed by atoms with Gasteiger partial charge in [0.05, 0.1) is 7.11 Å². The molecule has 3 aromatic rings. The summed E-state index contributed by atoms with van der Waals surface area (Å²) in [5.74, 6) is 0.553. The molecule has 7 heteroatoms. The van der Waals surface area contributed by atoms with Crippen LogP contribution in [-0.2, 0) is 6.61 Å². The number of anilines is 1. The van der Waals surface area contributed by atoms with Gasteiger partial charge in [0.15, 0.2) is 0 Å². The van der Waals surface area contributed by atoms with Gasteiger partial charge in [-0.25, -0.2) is 5.48 Å². The summed E-state index contributed by atoms with van der Waals surface area (Å²) in [6, 6.07) is 20.6. The molecule has 0 aliphatic heterocycles. The van der Waals surface area contributed by atoms with Gasteiger partial charge < -0.3 is 14.8 Å². The monoisotopic (exact) mass is 392 g/mol. The molecule has 0 saturated heterocycles. The summed E-state index contributed by atoms with van der Waals surface area (Å²) in [4.78, 5) is 23.6. The Morgan fingerprint density at radius 1 is 0.793 bits per heavy atom. The van der Waals surface area contributed by atoms with E-state index < -0.39 is 5.91 Å². The quantitative estimate of drug-likeness (QED) is 0.421. The van der Waals surface area contributed by atoms with Gasteiger partial charge in [-0.3, -0.25) is 14.8 Å². The van der Waals surface area contributed by atoms with Gasteiger partial charge in [0.2, 0.25) is 0 Å². The van der Waals surface area contributed by atoms with E-state index in [0.29, 0.717) is 34.9 Å². The molecule has 0 heterocycles. The summed E-state index contributed by atoms with van der Waals surface area (Å²) < 4.78 is 10.8. The van der Waals surface area contributed by atoms with Gasteiger partial charge >= 0.3 is 0 Å². The minimum absolute atomic E-state index is 0.215. The largest absolute Gasteiger partial charge is 0.497 e. The Balaban J connectivity index is 1.54. The predicted octanol–water partition coefficient (Wildman–Crippen LogP) is 3.65. The first-order chi connectivity index (χ1) is 14.1. The first kappa shape index (κ1) is 19.9. The molecule has 0 aromatic heterocycles. The van der Waals surface area contributed by atoms with Gasteiger partial charge in [-0.2, -0.15) is 0 Å². The summed E-state index contributed by atoms with van der Waals surface area (Å²) in [6.45, 7) is 0.318. The SMILES string of the molecule is COc1ccc(C(=O)Nc2ccc(OCc3ccc(C(=O)NO)cc3)cc2)cc1. The van der Waals surface area contributed by atoms with Gasteiger partial charge in [-0.15, -0.1) is 0 Å². The third kappa shape index (κ3) is 5.33. The molecule has 3 rings (SSSR count). The Morgan fingerprint density at radius 3 is 1.93 bits per heavy atom. The lowest BCUT2D eigenvalue weighted by Crippen LogP contribution is -2.18. The number of amides is 2. The third-order valence-electron chi connectivity index (χ3n) is 4.19. The molecule has 29 heavy (non-hydrogen) atoms. The van der Waals surface area contributed by atoms with Crippen molar-refractivity contribution in [1.29, 1.82) is 0 Å². The zero-order valence-corrected chi connectivity index (χ0v) is 15.7. The normalized spacial score (nSPS) is 10.1. The van der Waals surface area contributed by atoms with E-state index in [-0.39, 0.29) is 5.91 Å². The minimum atomic E-state index is -0.565. The molecule has 3 aromatic carbocycles. The summed E-state index contributed by atoms with van der Waals surface area (Å²) >= 11 is 0. The number of hydrogen-bond acceptors (Lipinski definition) is 5. The summed E-state index contributed by atoms with van der Waals surface area (Å²) in [5.41, 5.74) is 4.00. The van der Waals surface area contributed by atoms with Gasteiger partial charge in [0, 0.05) is 16.8 Å². The highest BCUT2D eigenvalue weighted by molar-refractivity contribution is 6.04. The fraction of sp³-hybridized carbons (Fsp3) is 0.0909. The van der Waals surface area contributed by atoms with E-state index in [0.717, 1.165) is 5.56 Å². The number of rotatable bonds is 7. The van der Waals surface area contributed by atoms with Crippen molar-refractivity contribution in [2.24, 2.45) is 0 Å². The molecule has 0 spiro atoms. The number of methoxy groups -OCH3 is 1. The van der Waals surface area contributed by atoms with Crippen molar-refractivity contribution in [2.75, 3.05) is 12.4 Å². The van der Waals surface area contributed by atoms with Crippen molar-refractivity contribution < 1.29 is 24.3 Å². The number of carbonyl (C=O) groups excluding carboxylic acids is 2. The number of benzene rings is 3. The van der Waals surface area contributed by atoms with Crippen LogP contribution in [0.2, 0.25) is 0 Å². The van der Waals surface area contributed by atoms with E-state index in [1.54, 1.807) is 85.4 Å². The predicted molar refractivity (Wildman–Crippen MR) is 107 cm³/mol. The highest BCUT2D eigenvalue weighted by Crippen LogP contribution is 2.19. The topological polar surface area (TPSA) is 96.9 Å². The third-order valence-corrected chi connectivity index (χ3v) is 4.19. The Labute approximate surface area is 167 Å². The Kier molecular flexibility index (Phi) is 6.44. The maximum Gasteiger partial charge on any atom is 0.274 e. The second kappa shape index (κ2) is 9.38. The number of ether oxygens (including phenoxy) is 2. The molecule has 148 valence electrons. The molecule has 0 atom stereocenters. The van der Waals surface area contributed by atoms with Crippen LogP contribution in [0.1, 0.15) is 26.3 Å². The fourth-order valence-electron chi connectivity index (χ4n) is 2.56. The van der Waals surface area contributed by atoms with E-state index in [1.807, 2.05) is 0 Å². The standard InChI is InChI=1S/C22H20N2O5/c1-28-19-10-6-16(7-11-19)21(25)23-18-8-12-20(13-9-18)29-14-15-2-4-17(5-3-15)22(26)24-27/h2-13,27H,14H2,1H3,(H,23,25)(H,24,26). The maximum atomic E-state index is 12.3. The molecule has 0 aliphatic carbocycles. The Hall–Kier alpha value is -3.84. The molecule has 2 amide bonds. The Bertz CT molecular complexity index is 968. The summed E-state index contributed by atoms with van der Waals surface area (Å²) in [5, 5.41) is 11.4. The average Bonchev–Trinajstić information content (AvgIpc) is 2.78. The van der Waals surface area contributed by atoms with Crippen molar-refractivity contribution >= 4 is 17.5 Å². The molecule has 7 nitrogen and oxygen atoms in total. The summed E-state index contributed by atoms with van der Waals surface area (Å²) in [6.07, 6.45) is 0. The Morgan fingerprint density at radius 2 is 1.34 bits per heavy atom. The van der Waals surface area contributed by atoms with Crippen molar-refractivity contribution in [3.05, 3.63) is 89.5 Å². The van der Waals surface area contributed by atoms with Crippen LogP contribution in [0.3, 0.4) is 0 Å². The molecule has 3 N–H and O–H groups in total. The summed E-state index contributed by atoms with van der Waals surface area (Å²) in [7, 11) is 1.57. The van der Waals surface area contributed by atoms with Crippen LogP contribution >= 0.6 is 0 Å². The number of hydroxylamine groups is 1. The van der Waals surface area contributed by atoms with Crippen LogP contribution < -0.4 is 20.3 Å². The average molecular weight is 392 g/mol. The van der Waals surface area contributed by atoms with Gasteiger partial charge in [0.25, 0.3) is 11.8 Å². The zero-order chi connectivity index (χ0) is 20.6. The van der Waals surface area contributed by atoms with Crippen LogP contribution in [0.5, 0.6) is 11.5 Å². The highest BCUT2D eigenvalue weighted by Gasteiger charge is 2.07. The van der Waals surface area contributed by atoms with E-state index in [1.165, 1.54) is 0 Å². The van der Waals surface area contributed by atoms with Crippen molar-refractivity contribution in [3.63, 3.8) is 0 Å². The van der Waals surface area contributed by atoms with E-state index in [4.69, 9.17) is 14.7 Å². The lowest BCUT2D eigenvalue weighted by atomic mass is 10.1. The molecular weight excluding hydrogens is 372 g/mol. The van der Waals surface area contributed by atoms with Crippen LogP contribution in [0.25, 0.3) is 0 Å². The molecular formula is C22H20N2O5. The van der Waals surface area contributed by atoms with Crippen molar-refractivity contribution in [1.82, 2.24) is 5.48 Å². The second-order valence-corrected chi connectivity index (χ2v) is 6.13. The molecule has 0 radical (unpaired) electrons. The number of carbonyl (C=O) groups is 2. The van der Waals surface area contributed by atoms with E-state index in [9.17, 15) is 9.59 Å². The molecule has 0 aliphatic rings. The lowest BCUT2D eigenvalue weighted by Gasteiger charge is -2.09. The number of hydrogen-bond donors (Lipinski definition) is 3. The molecule has 0 saturated carbocycles. The zero-order valence-electron chi connectivity index (χ0n) is 15.7.